The number of rotatable bonds is 5. The summed E-state index contributed by atoms with van der Waals surface area (Å²) in [7, 11) is 0. The van der Waals surface area contributed by atoms with Gasteiger partial charge >= 0.3 is 126 Å². The van der Waals surface area contributed by atoms with Gasteiger partial charge in [0.1, 0.15) is 0 Å². The number of nitrogens with zero attached hydrogens (tertiary/aromatic N) is 3. The molecule has 0 saturated carbocycles. The van der Waals surface area contributed by atoms with Crippen molar-refractivity contribution in [1.82, 2.24) is 10.2 Å². The first-order valence-electron chi connectivity index (χ1n) is 6.43. The van der Waals surface area contributed by atoms with Gasteiger partial charge in [-0.3, -0.25) is 0 Å². The average molecular weight is 368 g/mol. The van der Waals surface area contributed by atoms with Crippen molar-refractivity contribution in [2.45, 2.75) is 20.3 Å². The molecule has 2 aromatic rings. The van der Waals surface area contributed by atoms with Gasteiger partial charge in [-0.05, 0) is 0 Å². The molecule has 1 aromatic heterocycles. The van der Waals surface area contributed by atoms with Gasteiger partial charge in [-0.25, -0.2) is 0 Å². The van der Waals surface area contributed by atoms with Gasteiger partial charge in [-0.1, -0.05) is 0 Å². The molecule has 0 radical (unpaired) electrons. The Bertz CT molecular complexity index is 528. The van der Waals surface area contributed by atoms with Crippen molar-refractivity contribution in [1.29, 1.82) is 0 Å². The van der Waals surface area contributed by atoms with E-state index in [1.165, 1.54) is 11.1 Å². The van der Waals surface area contributed by atoms with Gasteiger partial charge in [0, 0.05) is 0 Å². The second kappa shape index (κ2) is 6.84. The third-order valence-electron chi connectivity index (χ3n) is 2.84. The maximum atomic E-state index is 4.45. The van der Waals surface area contributed by atoms with Crippen LogP contribution < -0.4 is 24.6 Å². The van der Waals surface area contributed by atoms with Gasteiger partial charge in [-0.15, -0.1) is 0 Å². The van der Waals surface area contributed by atoms with Gasteiger partial charge in [0.25, 0.3) is 0 Å². The van der Waals surface area contributed by atoms with E-state index >= 15 is 0 Å². The summed E-state index contributed by atoms with van der Waals surface area (Å²) in [5.74, 6) is 1.04. The Balaban J connectivity index is 2.49. The van der Waals surface area contributed by atoms with Crippen molar-refractivity contribution in [3.8, 4) is 11.1 Å². The molecule has 1 aromatic carbocycles. The summed E-state index contributed by atoms with van der Waals surface area (Å²) in [6.45, 7) is 5.26. The number of benzene rings is 1. The van der Waals surface area contributed by atoms with Gasteiger partial charge < -0.3 is 0 Å². The van der Waals surface area contributed by atoms with Crippen molar-refractivity contribution in [2.24, 2.45) is 0 Å². The summed E-state index contributed by atoms with van der Waals surface area (Å²) in [5, 5.41) is 8.69. The number of aromatic nitrogens is 2. The maximum absolute atomic E-state index is 4.45. The molecule has 0 fully saturated rings. The molecule has 0 amide bonds. The molecule has 0 bridgehead atoms. The van der Waals surface area contributed by atoms with E-state index < -0.39 is 0 Å². The van der Waals surface area contributed by atoms with Crippen LogP contribution in [0.25, 0.3) is 11.1 Å². The third-order valence-corrected chi connectivity index (χ3v) is 4.94. The van der Waals surface area contributed by atoms with E-state index in [0.717, 1.165) is 24.5 Å². The van der Waals surface area contributed by atoms with E-state index in [2.05, 4.69) is 55.5 Å². The molecule has 1 heterocycles. The van der Waals surface area contributed by atoms with Crippen LogP contribution in [0.15, 0.2) is 36.4 Å². The van der Waals surface area contributed by atoms with Crippen LogP contribution in [0.2, 0.25) is 0 Å². The fourth-order valence-corrected chi connectivity index (χ4v) is 3.74. The zero-order valence-electron chi connectivity index (χ0n) is 11.6. The minimum absolute atomic E-state index is 0.0313. The number of hydrogen-bond donors (Lipinski definition) is 0. The summed E-state index contributed by atoms with van der Waals surface area (Å²) in [6, 6.07) is 12.6. The molecule has 2 rings (SSSR count). The molecule has 19 heavy (non-hydrogen) atoms. The first kappa shape index (κ1) is 14.2. The monoisotopic (exact) mass is 368 g/mol. The van der Waals surface area contributed by atoms with Crippen LogP contribution in [0.3, 0.4) is 0 Å². The van der Waals surface area contributed by atoms with Crippen molar-refractivity contribution in [3.63, 3.8) is 0 Å². The Hall–Kier alpha value is -1.17. The van der Waals surface area contributed by atoms with Crippen molar-refractivity contribution >= 4 is 5.82 Å². The van der Waals surface area contributed by atoms with E-state index in [1.54, 1.807) is 0 Å². The summed E-state index contributed by atoms with van der Waals surface area (Å²) in [4.78, 5) is 2.27. The van der Waals surface area contributed by atoms with E-state index in [-0.39, 0.29) is 21.5 Å². The van der Waals surface area contributed by atoms with E-state index in [1.807, 2.05) is 13.0 Å². The van der Waals surface area contributed by atoms with Gasteiger partial charge in [0.05, 0.1) is 0 Å². The van der Waals surface area contributed by atoms with Crippen LogP contribution >= 0.6 is 0 Å². The molecule has 0 aliphatic rings. The fraction of sp³-hybridized carbons (Fsp3) is 0.333. The van der Waals surface area contributed by atoms with Crippen molar-refractivity contribution in [2.75, 3.05) is 14.6 Å². The first-order valence-corrected chi connectivity index (χ1v) is 9.55. The predicted molar refractivity (Wildman–Crippen MR) is 75.8 cm³/mol. The van der Waals surface area contributed by atoms with E-state index in [4.69, 9.17) is 0 Å². The molecular formula is C15H19IN3-. The zero-order chi connectivity index (χ0) is 13.7. The molecule has 0 atom stereocenters. The Labute approximate surface area is 125 Å². The summed E-state index contributed by atoms with van der Waals surface area (Å²) in [6.07, 6.45) is 1.14. The summed E-state index contributed by atoms with van der Waals surface area (Å²) >= 11 is -0.0313. The standard InChI is InChI=1S/C15H19IN3/c1-4-10-19(16-3)15-14(11-12(2)17-18-15)13-8-6-5-7-9-13/h5-9,11H,4,10H2,1-3H3/q-1. The first-order chi connectivity index (χ1) is 9.26. The van der Waals surface area contributed by atoms with E-state index in [9.17, 15) is 0 Å². The quantitative estimate of drug-likeness (QED) is 0.432. The van der Waals surface area contributed by atoms with Gasteiger partial charge in [-0.2, -0.15) is 0 Å². The fourth-order valence-electron chi connectivity index (χ4n) is 1.96. The molecule has 0 saturated heterocycles. The van der Waals surface area contributed by atoms with Crippen LogP contribution in [0, 0.1) is 6.92 Å². The SMILES string of the molecule is CCCN([I-]C)c1nnc(C)cc1-c1ccccc1. The second-order valence-corrected chi connectivity index (χ2v) is 6.47. The number of alkyl halides is 1. The Morgan fingerprint density at radius 3 is 2.53 bits per heavy atom. The van der Waals surface area contributed by atoms with Crippen LogP contribution in [0.4, 0.5) is 5.82 Å². The molecule has 0 unspecified atom stereocenters. The molecule has 0 aliphatic heterocycles. The van der Waals surface area contributed by atoms with Gasteiger partial charge in [0.2, 0.25) is 0 Å². The minimum atomic E-state index is -0.0313. The number of aryl methyl sites for hydroxylation is 1. The van der Waals surface area contributed by atoms with Crippen LogP contribution in [0.5, 0.6) is 0 Å². The Morgan fingerprint density at radius 2 is 1.89 bits per heavy atom. The molecular weight excluding hydrogens is 349 g/mol. The van der Waals surface area contributed by atoms with Crippen molar-refractivity contribution < 1.29 is 21.5 Å². The average Bonchev–Trinajstić information content (AvgIpc) is 2.46. The van der Waals surface area contributed by atoms with Crippen LogP contribution in [-0.2, 0) is 0 Å². The third kappa shape index (κ3) is 3.43. The second-order valence-electron chi connectivity index (χ2n) is 4.34. The number of hydrogen-bond acceptors (Lipinski definition) is 3. The molecule has 0 spiro atoms. The zero-order valence-corrected chi connectivity index (χ0v) is 13.8. The van der Waals surface area contributed by atoms with Crippen LogP contribution in [-0.4, -0.2) is 21.7 Å². The van der Waals surface area contributed by atoms with E-state index in [0.29, 0.717) is 0 Å². The Morgan fingerprint density at radius 1 is 1.16 bits per heavy atom. The van der Waals surface area contributed by atoms with Crippen molar-refractivity contribution in [3.05, 3.63) is 42.1 Å². The van der Waals surface area contributed by atoms with Crippen LogP contribution in [0.1, 0.15) is 19.0 Å². The molecule has 102 valence electrons. The summed E-state index contributed by atoms with van der Waals surface area (Å²) < 4.78 is 2.40. The molecule has 4 heteroatoms. The summed E-state index contributed by atoms with van der Waals surface area (Å²) in [5.41, 5.74) is 3.38. The normalized spacial score (nSPS) is 10.7. The Kier molecular flexibility index (Phi) is 5.13. The topological polar surface area (TPSA) is 29.0 Å². The number of halogens is 1. The molecule has 0 aliphatic carbocycles. The molecule has 3 nitrogen and oxygen atoms in total. The van der Waals surface area contributed by atoms with Gasteiger partial charge in [0.15, 0.2) is 0 Å². The number of anilines is 1. The predicted octanol–water partition coefficient (Wildman–Crippen LogP) is 0.302. The molecule has 0 N–H and O–H groups in total.